The zero-order chi connectivity index (χ0) is 24.2. The maximum atomic E-state index is 12.4. The number of carbonyl (C=O) groups is 2. The number of pyridine rings is 2. The van der Waals surface area contributed by atoms with Crippen molar-refractivity contribution in [3.63, 3.8) is 0 Å². The number of nitrogens with one attached hydrogen (secondary N) is 2. The molecule has 4 rings (SSSR count). The van der Waals surface area contributed by atoms with Crippen LogP contribution in [-0.4, -0.2) is 34.9 Å². The van der Waals surface area contributed by atoms with Gasteiger partial charge in [-0.25, -0.2) is 4.98 Å². The predicted molar refractivity (Wildman–Crippen MR) is 136 cm³/mol. The van der Waals surface area contributed by atoms with Crippen LogP contribution in [0, 0.1) is 13.8 Å². The highest BCUT2D eigenvalue weighted by atomic mass is 16.2. The summed E-state index contributed by atoms with van der Waals surface area (Å²) in [5, 5.41) is 7.55. The van der Waals surface area contributed by atoms with Crippen molar-refractivity contribution in [2.24, 2.45) is 0 Å². The summed E-state index contributed by atoms with van der Waals surface area (Å²) in [4.78, 5) is 32.4. The number of carbonyl (C=O) groups excluding carboxylic acids is 2. The van der Waals surface area contributed by atoms with Crippen LogP contribution in [0.15, 0.2) is 48.7 Å². The molecule has 4 N–H and O–H groups in total. The molecule has 2 amide bonds. The summed E-state index contributed by atoms with van der Waals surface area (Å²) in [6, 6.07) is 14.1. The second-order valence-electron chi connectivity index (χ2n) is 8.64. The Morgan fingerprint density at radius 2 is 1.74 bits per heavy atom. The van der Waals surface area contributed by atoms with Gasteiger partial charge >= 0.3 is 0 Å². The third kappa shape index (κ3) is 5.14. The summed E-state index contributed by atoms with van der Waals surface area (Å²) in [5.74, 6) is 0.188. The lowest BCUT2D eigenvalue weighted by molar-refractivity contribution is -0.118. The van der Waals surface area contributed by atoms with Crippen LogP contribution in [0.3, 0.4) is 0 Å². The molecule has 0 saturated carbocycles. The Morgan fingerprint density at radius 3 is 2.50 bits per heavy atom. The van der Waals surface area contributed by atoms with Crippen LogP contribution in [0.5, 0.6) is 0 Å². The highest BCUT2D eigenvalue weighted by molar-refractivity contribution is 6.08. The number of rotatable bonds is 7. The zero-order valence-corrected chi connectivity index (χ0v) is 19.7. The summed E-state index contributed by atoms with van der Waals surface area (Å²) < 4.78 is 0. The van der Waals surface area contributed by atoms with Crippen molar-refractivity contribution < 1.29 is 9.59 Å². The maximum absolute atomic E-state index is 12.4. The molecule has 0 aliphatic rings. The Balaban J connectivity index is 1.47. The van der Waals surface area contributed by atoms with E-state index in [1.165, 1.54) is 12.5 Å². The maximum Gasteiger partial charge on any atom is 0.251 e. The van der Waals surface area contributed by atoms with E-state index in [1.807, 2.05) is 44.3 Å². The van der Waals surface area contributed by atoms with Crippen molar-refractivity contribution in [3.05, 3.63) is 76.5 Å². The van der Waals surface area contributed by atoms with Gasteiger partial charge < -0.3 is 16.4 Å². The van der Waals surface area contributed by atoms with Crippen LogP contribution < -0.4 is 16.4 Å². The van der Waals surface area contributed by atoms with Crippen LogP contribution in [0.2, 0.25) is 0 Å². The topological polar surface area (TPSA) is 110 Å². The molecular formula is C27H29N5O2. The number of amides is 2. The molecule has 0 unspecified atom stereocenters. The molecule has 2 aromatic carbocycles. The summed E-state index contributed by atoms with van der Waals surface area (Å²) in [5.41, 5.74) is 12.9. The van der Waals surface area contributed by atoms with E-state index >= 15 is 0 Å². The first kappa shape index (κ1) is 23.2. The fraction of sp³-hybridized carbons (Fsp3) is 0.259. The second-order valence-corrected chi connectivity index (χ2v) is 8.64. The molecule has 0 fully saturated rings. The minimum Gasteiger partial charge on any atom is -0.382 e. The van der Waals surface area contributed by atoms with Crippen LogP contribution in [0.4, 0.5) is 5.82 Å². The van der Waals surface area contributed by atoms with Crippen molar-refractivity contribution in [1.82, 2.24) is 20.6 Å². The monoisotopic (exact) mass is 455 g/mol. The Bertz CT molecular complexity index is 1400. The third-order valence-electron chi connectivity index (χ3n) is 5.94. The standard InChI is InChI=1S/C27H29N5O2/c1-16-4-9-22-23-14-19(15-31-25(23)26(28)32-24(22)12-16)5-6-20-7-8-21(13-17(20)2)27(34)30-11-10-29-18(3)33/h4,7-9,12-15H,5-6,10-11H2,1-3H3,(H2,28,32)(H,29,33)(H,30,34). The minimum atomic E-state index is -0.146. The molecule has 2 aromatic heterocycles. The molecule has 0 radical (unpaired) electrons. The first-order chi connectivity index (χ1) is 16.3. The molecular weight excluding hydrogens is 426 g/mol. The van der Waals surface area contributed by atoms with Crippen LogP contribution in [0.25, 0.3) is 21.8 Å². The van der Waals surface area contributed by atoms with Crippen LogP contribution >= 0.6 is 0 Å². The van der Waals surface area contributed by atoms with Gasteiger partial charge in [0.2, 0.25) is 5.91 Å². The third-order valence-corrected chi connectivity index (χ3v) is 5.94. The molecule has 7 nitrogen and oxygen atoms in total. The van der Waals surface area contributed by atoms with E-state index in [0.29, 0.717) is 24.5 Å². The normalized spacial score (nSPS) is 11.0. The highest BCUT2D eigenvalue weighted by Crippen LogP contribution is 2.28. The highest BCUT2D eigenvalue weighted by Gasteiger charge is 2.11. The largest absolute Gasteiger partial charge is 0.382 e. The van der Waals surface area contributed by atoms with Gasteiger partial charge in [0.25, 0.3) is 5.91 Å². The van der Waals surface area contributed by atoms with Gasteiger partial charge in [0, 0.05) is 42.5 Å². The molecule has 0 atom stereocenters. The Morgan fingerprint density at radius 1 is 0.941 bits per heavy atom. The Labute approximate surface area is 198 Å². The number of hydrogen-bond donors (Lipinski definition) is 3. The lowest BCUT2D eigenvalue weighted by atomic mass is 9.98. The predicted octanol–water partition coefficient (Wildman–Crippen LogP) is 3.63. The first-order valence-electron chi connectivity index (χ1n) is 11.4. The van der Waals surface area contributed by atoms with Gasteiger partial charge in [0.15, 0.2) is 5.82 Å². The van der Waals surface area contributed by atoms with E-state index in [9.17, 15) is 9.59 Å². The van der Waals surface area contributed by atoms with E-state index in [2.05, 4.69) is 38.8 Å². The van der Waals surface area contributed by atoms with Gasteiger partial charge in [-0.1, -0.05) is 18.2 Å². The number of fused-ring (bicyclic) bond motifs is 3. The molecule has 7 heteroatoms. The summed E-state index contributed by atoms with van der Waals surface area (Å²) in [6.45, 7) is 6.31. The summed E-state index contributed by atoms with van der Waals surface area (Å²) in [7, 11) is 0. The lowest BCUT2D eigenvalue weighted by Crippen LogP contribution is -2.33. The van der Waals surface area contributed by atoms with Gasteiger partial charge in [-0.3, -0.25) is 14.6 Å². The van der Waals surface area contributed by atoms with Gasteiger partial charge in [-0.2, -0.15) is 0 Å². The Hall–Kier alpha value is -4.00. The number of aryl methyl sites for hydroxylation is 4. The van der Waals surface area contributed by atoms with E-state index in [4.69, 9.17) is 5.73 Å². The fourth-order valence-corrected chi connectivity index (χ4v) is 4.11. The number of hydrogen-bond acceptors (Lipinski definition) is 5. The molecule has 34 heavy (non-hydrogen) atoms. The van der Waals surface area contributed by atoms with Gasteiger partial charge in [0.05, 0.1) is 5.52 Å². The van der Waals surface area contributed by atoms with Crippen molar-refractivity contribution in [2.75, 3.05) is 18.8 Å². The van der Waals surface area contributed by atoms with E-state index in [1.54, 1.807) is 0 Å². The summed E-state index contributed by atoms with van der Waals surface area (Å²) in [6.07, 6.45) is 3.52. The molecule has 0 spiro atoms. The minimum absolute atomic E-state index is 0.112. The molecule has 4 aromatic rings. The number of nitrogen functional groups attached to an aromatic ring is 1. The van der Waals surface area contributed by atoms with E-state index in [0.717, 1.165) is 51.3 Å². The molecule has 2 heterocycles. The van der Waals surface area contributed by atoms with Crippen molar-refractivity contribution in [2.45, 2.75) is 33.6 Å². The molecule has 0 bridgehead atoms. The molecule has 0 aliphatic heterocycles. The summed E-state index contributed by atoms with van der Waals surface area (Å²) >= 11 is 0. The average Bonchev–Trinajstić information content (AvgIpc) is 2.80. The quantitative estimate of drug-likeness (QED) is 0.291. The second kappa shape index (κ2) is 9.87. The first-order valence-corrected chi connectivity index (χ1v) is 11.4. The number of benzene rings is 2. The average molecular weight is 456 g/mol. The molecule has 0 aliphatic carbocycles. The zero-order valence-electron chi connectivity index (χ0n) is 19.7. The fourth-order valence-electron chi connectivity index (χ4n) is 4.11. The lowest BCUT2D eigenvalue weighted by Gasteiger charge is -2.11. The van der Waals surface area contributed by atoms with E-state index in [-0.39, 0.29) is 11.8 Å². The molecule has 0 saturated heterocycles. The van der Waals surface area contributed by atoms with Gasteiger partial charge in [-0.15, -0.1) is 0 Å². The van der Waals surface area contributed by atoms with Crippen LogP contribution in [0.1, 0.15) is 39.5 Å². The van der Waals surface area contributed by atoms with Crippen molar-refractivity contribution >= 4 is 39.4 Å². The number of aromatic nitrogens is 2. The van der Waals surface area contributed by atoms with Crippen molar-refractivity contribution in [1.29, 1.82) is 0 Å². The number of nitrogens with zero attached hydrogens (tertiary/aromatic N) is 2. The van der Waals surface area contributed by atoms with Gasteiger partial charge in [0.1, 0.15) is 5.52 Å². The number of nitrogens with two attached hydrogens (primary N) is 1. The SMILES string of the molecule is CC(=O)NCCNC(=O)c1ccc(CCc2cnc3c(N)nc4cc(C)ccc4c3c2)c(C)c1. The van der Waals surface area contributed by atoms with Gasteiger partial charge in [-0.05, 0) is 73.2 Å². The molecule has 174 valence electrons. The number of anilines is 1. The Kier molecular flexibility index (Phi) is 6.72. The van der Waals surface area contributed by atoms with Crippen molar-refractivity contribution in [3.8, 4) is 0 Å². The van der Waals surface area contributed by atoms with Crippen LogP contribution in [-0.2, 0) is 17.6 Å². The van der Waals surface area contributed by atoms with E-state index < -0.39 is 0 Å². The smallest absolute Gasteiger partial charge is 0.251 e.